The lowest BCUT2D eigenvalue weighted by molar-refractivity contribution is -1.15. The molecule has 5 nitrogen and oxygen atoms in total. The van der Waals surface area contributed by atoms with Crippen molar-refractivity contribution in [2.75, 3.05) is 7.11 Å². The van der Waals surface area contributed by atoms with Crippen LogP contribution in [0.15, 0.2) is 24.3 Å². The molecule has 72 valence electrons. The predicted molar refractivity (Wildman–Crippen MR) is 53.1 cm³/mol. The summed E-state index contributed by atoms with van der Waals surface area (Å²) in [5, 5.41) is 9.93. The van der Waals surface area contributed by atoms with E-state index < -0.39 is 5.39 Å². The largest absolute Gasteiger partial charge is 0.556 e. The number of nitrogens with one attached hydrogen (secondary N) is 1. The highest BCUT2D eigenvalue weighted by Gasteiger charge is 2.01. The molecule has 0 saturated carbocycles. The van der Waals surface area contributed by atoms with E-state index in [4.69, 9.17) is 9.57 Å². The van der Waals surface area contributed by atoms with Crippen LogP contribution in [0.4, 0.5) is 0 Å². The first-order valence-corrected chi connectivity index (χ1v) is 4.29. The van der Waals surface area contributed by atoms with Gasteiger partial charge in [0.1, 0.15) is 5.75 Å². The molecule has 0 spiro atoms. The first kappa shape index (κ1) is 10.5. The summed E-state index contributed by atoms with van der Waals surface area (Å²) in [7, 11) is 1.54. The van der Waals surface area contributed by atoms with Crippen LogP contribution in [0.5, 0.6) is 11.5 Å². The number of rotatable bonds is 4. The first-order chi connectivity index (χ1) is 6.26. The Bertz CT molecular complexity index is 270. The molecule has 13 heavy (non-hydrogen) atoms. The zero-order chi connectivity index (χ0) is 9.68. The molecule has 1 N–H and O–H groups in total. The zero-order valence-electron chi connectivity index (χ0n) is 6.82. The summed E-state index contributed by atoms with van der Waals surface area (Å²) in [4.78, 5) is 4.76. The summed E-state index contributed by atoms with van der Waals surface area (Å²) in [5.41, 5.74) is 0. The maximum Gasteiger partial charge on any atom is 0.198 e. The fourth-order valence-electron chi connectivity index (χ4n) is 0.777. The van der Waals surface area contributed by atoms with Crippen molar-refractivity contribution in [2.24, 2.45) is 0 Å². The molecule has 6 heteroatoms. The van der Waals surface area contributed by atoms with Crippen molar-refractivity contribution in [2.45, 2.75) is 0 Å². The van der Waals surface area contributed by atoms with Crippen molar-refractivity contribution in [1.29, 1.82) is 0 Å². The van der Waals surface area contributed by atoms with Gasteiger partial charge in [0.25, 0.3) is 0 Å². The van der Waals surface area contributed by atoms with Crippen LogP contribution in [0.1, 0.15) is 0 Å². The third-order valence-electron chi connectivity index (χ3n) is 1.31. The quantitative estimate of drug-likeness (QED) is 0.655. The molecule has 0 bridgehead atoms. The Morgan fingerprint density at radius 3 is 2.69 bits per heavy atom. The minimum Gasteiger partial charge on any atom is -0.556 e. The fraction of sp³-hybridized carbons (Fsp3) is 0.143. The lowest BCUT2D eigenvalue weighted by Gasteiger charge is -2.13. The predicted octanol–water partition coefficient (Wildman–Crippen LogP) is 0.653. The number of ether oxygens (including phenoxy) is 1. The third kappa shape index (κ3) is 3.35. The number of hydrogen-bond donors (Lipinski definition) is 1. The van der Waals surface area contributed by atoms with Gasteiger partial charge in [0.05, 0.1) is 7.11 Å². The summed E-state index contributed by atoms with van der Waals surface area (Å²) < 4.78 is 9.23. The van der Waals surface area contributed by atoms with E-state index in [-0.39, 0.29) is 0 Å². The number of quaternary nitrogens is 1. The van der Waals surface area contributed by atoms with Gasteiger partial charge in [-0.1, -0.05) is 9.23 Å². The molecule has 0 aliphatic rings. The van der Waals surface area contributed by atoms with Gasteiger partial charge in [-0.2, -0.15) is 0 Å². The van der Waals surface area contributed by atoms with Crippen molar-refractivity contribution in [1.82, 2.24) is 0 Å². The highest BCUT2D eigenvalue weighted by molar-refractivity contribution is 14.1. The second-order valence-corrected chi connectivity index (χ2v) is 2.55. The normalized spacial score (nSPS) is 12.2. The van der Waals surface area contributed by atoms with Crippen LogP contribution in [0.3, 0.4) is 0 Å². The van der Waals surface area contributed by atoms with Gasteiger partial charge >= 0.3 is 0 Å². The summed E-state index contributed by atoms with van der Waals surface area (Å²) in [6.07, 6.45) is 0. The molecular formula is C7H8INO4. The molecule has 0 aliphatic carbocycles. The third-order valence-corrected chi connectivity index (χ3v) is 1.66. The Balaban J connectivity index is 2.66. The van der Waals surface area contributed by atoms with Crippen LogP contribution < -0.4 is 15.0 Å². The number of methoxy groups -OCH3 is 1. The number of halogens is 1. The van der Waals surface area contributed by atoms with Crippen LogP contribution in [0, 0.1) is 5.21 Å². The number of hydrogen-bond acceptors (Lipinski definition) is 4. The molecule has 1 unspecified atom stereocenters. The van der Waals surface area contributed by atoms with Crippen molar-refractivity contribution >= 4 is 23.0 Å². The molecule has 0 aromatic heterocycles. The van der Waals surface area contributed by atoms with Crippen molar-refractivity contribution in [3.63, 3.8) is 0 Å². The molecule has 0 amide bonds. The Morgan fingerprint density at radius 2 is 2.08 bits per heavy atom. The van der Waals surface area contributed by atoms with E-state index in [1.807, 2.05) is 0 Å². The minimum absolute atomic E-state index is 0.390. The second-order valence-electron chi connectivity index (χ2n) is 2.11. The molecule has 1 atom stereocenters. The Hall–Kier alpha value is -0.570. The van der Waals surface area contributed by atoms with Crippen LogP contribution in [0.25, 0.3) is 0 Å². The molecular weight excluding hydrogens is 289 g/mol. The van der Waals surface area contributed by atoms with Crippen LogP contribution in [0.2, 0.25) is 0 Å². The van der Waals surface area contributed by atoms with E-state index in [0.29, 0.717) is 11.5 Å². The summed E-state index contributed by atoms with van der Waals surface area (Å²) in [5.74, 6) is 1.01. The van der Waals surface area contributed by atoms with Gasteiger partial charge in [0, 0.05) is 6.07 Å². The summed E-state index contributed by atoms with van der Waals surface area (Å²) >= 11 is 1.45. The molecule has 1 aromatic rings. The van der Waals surface area contributed by atoms with Crippen LogP contribution >= 0.6 is 23.0 Å². The van der Waals surface area contributed by atoms with Gasteiger partial charge in [0.2, 0.25) is 0 Å². The Morgan fingerprint density at radius 1 is 1.38 bits per heavy atom. The highest BCUT2D eigenvalue weighted by Crippen LogP contribution is 2.17. The van der Waals surface area contributed by atoms with Gasteiger partial charge in [-0.3, -0.25) is 4.84 Å². The van der Waals surface area contributed by atoms with Crippen molar-refractivity contribution in [3.8, 4) is 11.5 Å². The van der Waals surface area contributed by atoms with Gasteiger partial charge in [0.15, 0.2) is 28.8 Å². The second kappa shape index (κ2) is 5.22. The summed E-state index contributed by atoms with van der Waals surface area (Å²) in [6, 6.07) is 6.69. The van der Waals surface area contributed by atoms with E-state index >= 15 is 0 Å². The van der Waals surface area contributed by atoms with Gasteiger partial charge in [-0.05, 0) is 17.5 Å². The monoisotopic (exact) mass is 297 g/mol. The lowest BCUT2D eigenvalue weighted by Crippen LogP contribution is -3.07. The SMILES string of the molecule is COc1cccc(O[NH+]([O-])OI)c1. The van der Waals surface area contributed by atoms with E-state index in [2.05, 4.69) is 3.17 Å². The molecule has 0 aliphatic heterocycles. The van der Waals surface area contributed by atoms with E-state index in [1.54, 1.807) is 24.3 Å². The molecule has 0 heterocycles. The summed E-state index contributed by atoms with van der Waals surface area (Å²) in [6.45, 7) is 0. The fourth-order valence-corrected chi connectivity index (χ4v) is 0.867. The highest BCUT2D eigenvalue weighted by atomic mass is 127. The van der Waals surface area contributed by atoms with Crippen molar-refractivity contribution in [3.05, 3.63) is 29.5 Å². The zero-order valence-corrected chi connectivity index (χ0v) is 8.98. The maximum absolute atomic E-state index is 10.7. The average Bonchev–Trinajstić information content (AvgIpc) is 2.18. The Labute approximate surface area is 89.4 Å². The molecule has 0 fully saturated rings. The maximum atomic E-state index is 10.7. The van der Waals surface area contributed by atoms with E-state index in [0.717, 1.165) is 0 Å². The van der Waals surface area contributed by atoms with Crippen LogP contribution in [-0.4, -0.2) is 7.11 Å². The minimum atomic E-state index is -0.756. The van der Waals surface area contributed by atoms with Gasteiger partial charge < -0.3 is 9.94 Å². The standard InChI is InChI=1S/C7H8INO4/c1-11-6-3-2-4-7(5-6)12-9(10)13-8/h2-5,9H,1H3. The van der Waals surface area contributed by atoms with Gasteiger partial charge in [-0.25, -0.2) is 0 Å². The van der Waals surface area contributed by atoms with Crippen LogP contribution in [-0.2, 0) is 3.17 Å². The Kier molecular flexibility index (Phi) is 4.22. The molecule has 0 saturated heterocycles. The average molecular weight is 297 g/mol. The van der Waals surface area contributed by atoms with E-state index in [1.165, 1.54) is 30.1 Å². The molecule has 1 rings (SSSR count). The van der Waals surface area contributed by atoms with E-state index in [9.17, 15) is 5.21 Å². The van der Waals surface area contributed by atoms with Crippen molar-refractivity contribution < 1.29 is 18.1 Å². The number of benzene rings is 1. The lowest BCUT2D eigenvalue weighted by atomic mass is 10.3. The van der Waals surface area contributed by atoms with Gasteiger partial charge in [-0.15, -0.1) is 0 Å². The molecule has 1 aromatic carbocycles. The smallest absolute Gasteiger partial charge is 0.198 e. The topological polar surface area (TPSA) is 55.2 Å². The first-order valence-electron chi connectivity index (χ1n) is 3.40. The molecule has 0 radical (unpaired) electrons.